The molecule has 0 heterocycles. The van der Waals surface area contributed by atoms with Crippen molar-refractivity contribution in [1.82, 2.24) is 4.90 Å². The molecule has 0 fully saturated rings. The van der Waals surface area contributed by atoms with Gasteiger partial charge in [0.2, 0.25) is 0 Å². The van der Waals surface area contributed by atoms with Gasteiger partial charge in [0.25, 0.3) is 0 Å². The fourth-order valence-corrected chi connectivity index (χ4v) is 1.21. The lowest BCUT2D eigenvalue weighted by Crippen LogP contribution is -2.25. The summed E-state index contributed by atoms with van der Waals surface area (Å²) in [4.78, 5) is 13.1. The number of hydrogen-bond acceptors (Lipinski definition) is 2. The number of hydrogen-bond donors (Lipinski definition) is 0. The topological polar surface area (TPSA) is 40.2 Å². The highest BCUT2D eigenvalue weighted by atomic mass is 16.3. The third-order valence-corrected chi connectivity index (χ3v) is 1.87. The Bertz CT molecular complexity index is 295. The second-order valence-corrected chi connectivity index (χ2v) is 3.49. The van der Waals surface area contributed by atoms with Crippen LogP contribution in [0.25, 0.3) is 0 Å². The van der Waals surface area contributed by atoms with E-state index >= 15 is 0 Å². The number of rotatable bonds is 4. The van der Waals surface area contributed by atoms with Gasteiger partial charge in [0.15, 0.2) is 11.9 Å². The van der Waals surface area contributed by atoms with E-state index in [1.807, 2.05) is 6.07 Å². The molecule has 3 nitrogen and oxygen atoms in total. The van der Waals surface area contributed by atoms with Crippen LogP contribution in [0.1, 0.15) is 11.7 Å². The van der Waals surface area contributed by atoms with Crippen molar-refractivity contribution in [2.75, 3.05) is 20.6 Å². The predicted octanol–water partition coefficient (Wildman–Crippen LogP) is 1.29. The molecule has 0 saturated heterocycles. The third-order valence-electron chi connectivity index (χ3n) is 1.87. The highest BCUT2D eigenvalue weighted by Crippen LogP contribution is 2.13. The Balaban J connectivity index is 2.66. The molecule has 0 aliphatic carbocycles. The van der Waals surface area contributed by atoms with Gasteiger partial charge < -0.3 is 4.90 Å². The summed E-state index contributed by atoms with van der Waals surface area (Å²) in [6.45, 7) is 0.197. The first kappa shape index (κ1) is 10.9. The third kappa shape index (κ3) is 2.94. The van der Waals surface area contributed by atoms with Gasteiger partial charge in [0.1, 0.15) is 0 Å². The van der Waals surface area contributed by atoms with Gasteiger partial charge in [-0.1, -0.05) is 30.3 Å². The van der Waals surface area contributed by atoms with Crippen LogP contribution < -0.4 is 0 Å². The molecule has 0 aliphatic heterocycles. The summed E-state index contributed by atoms with van der Waals surface area (Å²) in [5.41, 5.74) is 0.541. The molecule has 0 N–H and O–H groups in total. The summed E-state index contributed by atoms with van der Waals surface area (Å²) < 4.78 is 0. The van der Waals surface area contributed by atoms with Crippen molar-refractivity contribution in [3.8, 4) is 0 Å². The second kappa shape index (κ2) is 4.88. The maximum absolute atomic E-state index is 11.6. The molecule has 1 unspecified atom stereocenters. The molecule has 3 heteroatoms. The van der Waals surface area contributed by atoms with Gasteiger partial charge in [-0.2, -0.15) is 0 Å². The van der Waals surface area contributed by atoms with E-state index in [1.165, 1.54) is 0 Å². The van der Waals surface area contributed by atoms with Gasteiger partial charge in [-0.05, 0) is 19.7 Å². The van der Waals surface area contributed by atoms with Crippen molar-refractivity contribution in [3.63, 3.8) is 0 Å². The average Bonchev–Trinajstić information content (AvgIpc) is 2.17. The van der Waals surface area contributed by atoms with Crippen LogP contribution in [0, 0.1) is 0 Å². The minimum Gasteiger partial charge on any atom is -0.302 e. The molecule has 14 heavy (non-hydrogen) atoms. The van der Waals surface area contributed by atoms with Crippen LogP contribution in [0.2, 0.25) is 0 Å². The van der Waals surface area contributed by atoms with Crippen molar-refractivity contribution in [2.45, 2.75) is 6.10 Å². The molecular weight excluding hydrogens is 178 g/mol. The van der Waals surface area contributed by atoms with Crippen LogP contribution in [-0.4, -0.2) is 31.3 Å². The van der Waals surface area contributed by atoms with Gasteiger partial charge in [0.05, 0.1) is 6.54 Å². The van der Waals surface area contributed by atoms with E-state index in [4.69, 9.17) is 0 Å². The summed E-state index contributed by atoms with van der Waals surface area (Å²) in [7, 11) is 3.55. The van der Waals surface area contributed by atoms with Crippen molar-refractivity contribution in [2.24, 2.45) is 0 Å². The molecule has 0 spiro atoms. The fourth-order valence-electron chi connectivity index (χ4n) is 1.21. The summed E-state index contributed by atoms with van der Waals surface area (Å²) in [5.74, 6) is -0.291. The summed E-state index contributed by atoms with van der Waals surface area (Å²) in [6, 6.07) is 8.73. The van der Waals surface area contributed by atoms with Crippen molar-refractivity contribution >= 4 is 5.78 Å². The van der Waals surface area contributed by atoms with E-state index in [-0.39, 0.29) is 12.3 Å². The van der Waals surface area contributed by atoms with Crippen molar-refractivity contribution < 1.29 is 9.90 Å². The monoisotopic (exact) mass is 192 g/mol. The number of likely N-dealkylation sites (N-methyl/N-ethyl adjacent to an activating group) is 1. The van der Waals surface area contributed by atoms with Crippen molar-refractivity contribution in [3.05, 3.63) is 35.9 Å². The van der Waals surface area contributed by atoms with Crippen molar-refractivity contribution in [1.29, 1.82) is 0 Å². The van der Waals surface area contributed by atoms with Gasteiger partial charge in [-0.3, -0.25) is 4.79 Å². The molecule has 1 rings (SSSR count). The predicted molar refractivity (Wildman–Crippen MR) is 53.4 cm³/mol. The lowest BCUT2D eigenvalue weighted by molar-refractivity contribution is -0.131. The number of benzene rings is 1. The van der Waals surface area contributed by atoms with Gasteiger partial charge in [-0.25, -0.2) is 5.11 Å². The maximum atomic E-state index is 11.6. The Labute approximate surface area is 84.0 Å². The summed E-state index contributed by atoms with van der Waals surface area (Å²) >= 11 is 0. The minimum atomic E-state index is -1.25. The van der Waals surface area contributed by atoms with E-state index in [2.05, 4.69) is 0 Å². The number of carbonyl (C=O) groups excluding carboxylic acids is 1. The van der Waals surface area contributed by atoms with Crippen LogP contribution in [-0.2, 0) is 9.90 Å². The van der Waals surface area contributed by atoms with E-state index < -0.39 is 6.10 Å². The highest BCUT2D eigenvalue weighted by Gasteiger charge is 2.18. The molecule has 1 radical (unpaired) electrons. The lowest BCUT2D eigenvalue weighted by atomic mass is 10.1. The summed E-state index contributed by atoms with van der Waals surface area (Å²) in [6.07, 6.45) is -1.25. The molecule has 75 valence electrons. The van der Waals surface area contributed by atoms with Crippen LogP contribution >= 0.6 is 0 Å². The van der Waals surface area contributed by atoms with E-state index in [9.17, 15) is 9.90 Å². The first-order valence-electron chi connectivity index (χ1n) is 4.49. The first-order chi connectivity index (χ1) is 6.61. The van der Waals surface area contributed by atoms with E-state index in [0.29, 0.717) is 5.56 Å². The molecule has 0 saturated carbocycles. The Hall–Kier alpha value is -1.19. The molecule has 0 bridgehead atoms. The van der Waals surface area contributed by atoms with Gasteiger partial charge in [0, 0.05) is 0 Å². The zero-order valence-corrected chi connectivity index (χ0v) is 8.43. The smallest absolute Gasteiger partial charge is 0.183 e. The normalized spacial score (nSPS) is 12.9. The summed E-state index contributed by atoms with van der Waals surface area (Å²) in [5, 5.41) is 11.6. The number of Topliss-reactive ketones (excluding diaryl/α,β-unsaturated/α-hetero) is 1. The second-order valence-electron chi connectivity index (χ2n) is 3.49. The average molecular weight is 192 g/mol. The van der Waals surface area contributed by atoms with Gasteiger partial charge >= 0.3 is 0 Å². The Morgan fingerprint density at radius 3 is 2.36 bits per heavy atom. The molecule has 1 aromatic rings. The molecule has 1 atom stereocenters. The first-order valence-corrected chi connectivity index (χ1v) is 4.49. The molecular formula is C11H14NO2. The van der Waals surface area contributed by atoms with Crippen LogP contribution in [0.3, 0.4) is 0 Å². The van der Waals surface area contributed by atoms with Crippen LogP contribution in [0.4, 0.5) is 0 Å². The highest BCUT2D eigenvalue weighted by molar-refractivity contribution is 5.85. The zero-order valence-electron chi connectivity index (χ0n) is 8.43. The molecule has 0 aliphatic rings. The largest absolute Gasteiger partial charge is 0.302 e. The SMILES string of the molecule is CN(C)CC(=O)C([O])c1ccccc1. The van der Waals surface area contributed by atoms with E-state index in [1.54, 1.807) is 43.3 Å². The minimum absolute atomic E-state index is 0.197. The molecule has 0 aromatic heterocycles. The number of carbonyl (C=O) groups is 1. The van der Waals surface area contributed by atoms with Gasteiger partial charge in [-0.15, -0.1) is 0 Å². The van der Waals surface area contributed by atoms with Crippen LogP contribution in [0.5, 0.6) is 0 Å². The zero-order chi connectivity index (χ0) is 10.6. The lowest BCUT2D eigenvalue weighted by Gasteiger charge is -2.11. The fraction of sp³-hybridized carbons (Fsp3) is 0.364. The standard InChI is InChI=1S/C11H14NO2/c1-12(2)8-10(13)11(14)9-6-4-3-5-7-9/h3-7,11H,8H2,1-2H3. The van der Waals surface area contributed by atoms with Crippen LogP contribution in [0.15, 0.2) is 30.3 Å². The molecule has 0 amide bonds. The Morgan fingerprint density at radius 1 is 1.29 bits per heavy atom. The van der Waals surface area contributed by atoms with E-state index in [0.717, 1.165) is 0 Å². The Morgan fingerprint density at radius 2 is 1.86 bits per heavy atom. The quantitative estimate of drug-likeness (QED) is 0.721. The maximum Gasteiger partial charge on any atom is 0.183 e. The number of ketones is 1. The number of nitrogens with zero attached hydrogens (tertiary/aromatic N) is 1. The Kier molecular flexibility index (Phi) is 3.80. The molecule has 1 aromatic carbocycles.